The van der Waals surface area contributed by atoms with E-state index in [1.54, 1.807) is 35.9 Å². The van der Waals surface area contributed by atoms with Gasteiger partial charge in [0.2, 0.25) is 0 Å². The van der Waals surface area contributed by atoms with Crippen LogP contribution in [-0.4, -0.2) is 29.1 Å². The molecule has 0 aliphatic rings. The summed E-state index contributed by atoms with van der Waals surface area (Å²) in [7, 11) is 0. The molecule has 0 fully saturated rings. The summed E-state index contributed by atoms with van der Waals surface area (Å²) in [6, 6.07) is 3.76. The third-order valence-corrected chi connectivity index (χ3v) is 6.50. The summed E-state index contributed by atoms with van der Waals surface area (Å²) in [5.41, 5.74) is 2.80. The lowest BCUT2D eigenvalue weighted by molar-refractivity contribution is -0.136. The topological polar surface area (TPSA) is 39.2 Å². The molecule has 1 atom stereocenters. The molecule has 5 heteroatoms. The van der Waals surface area contributed by atoms with Crippen LogP contribution in [0.1, 0.15) is 52.5 Å². The number of carbonyl (C=O) groups excluding carboxylic acids is 1. The molecule has 1 unspecified atom stereocenters. The van der Waals surface area contributed by atoms with E-state index in [9.17, 15) is 4.79 Å². The Morgan fingerprint density at radius 1 is 1.32 bits per heavy atom. The molecule has 1 rings (SSSR count). The Bertz CT molecular complexity index is 664. The van der Waals surface area contributed by atoms with E-state index >= 15 is 0 Å². The van der Waals surface area contributed by atoms with Crippen molar-refractivity contribution in [3.63, 3.8) is 0 Å². The summed E-state index contributed by atoms with van der Waals surface area (Å²) in [5, 5.41) is 0. The minimum absolute atomic E-state index is 0.286. The first-order valence-electron chi connectivity index (χ1n) is 9.81. The Morgan fingerprint density at radius 2 is 2.11 bits per heavy atom. The highest BCUT2D eigenvalue weighted by molar-refractivity contribution is 8.22. The summed E-state index contributed by atoms with van der Waals surface area (Å²) in [4.78, 5) is 16.9. The summed E-state index contributed by atoms with van der Waals surface area (Å²) in [5.74, 6) is 2.09. The minimum Gasteiger partial charge on any atom is -0.462 e. The quantitative estimate of drug-likeness (QED) is 0.201. The monoisotopic (exact) mass is 419 g/mol. The number of nitrogens with zero attached hydrogens (tertiary/aromatic N) is 1. The van der Waals surface area contributed by atoms with Crippen molar-refractivity contribution in [2.24, 2.45) is 5.92 Å². The van der Waals surface area contributed by atoms with E-state index in [1.165, 1.54) is 12.0 Å². The average molecular weight is 420 g/mol. The predicted molar refractivity (Wildman–Crippen MR) is 125 cm³/mol. The molecule has 0 amide bonds. The first-order valence-corrected chi connectivity index (χ1v) is 11.8. The van der Waals surface area contributed by atoms with Crippen molar-refractivity contribution < 1.29 is 9.53 Å². The molecule has 0 saturated carbocycles. The number of carbonyl (C=O) groups is 1. The van der Waals surface area contributed by atoms with Crippen molar-refractivity contribution >= 4 is 35.1 Å². The molecule has 154 valence electrons. The lowest BCUT2D eigenvalue weighted by atomic mass is 10.0. The second-order valence-electron chi connectivity index (χ2n) is 6.83. The fraction of sp³-hybridized carbons (Fsp3) is 0.478. The fourth-order valence-electron chi connectivity index (χ4n) is 2.51. The summed E-state index contributed by atoms with van der Waals surface area (Å²) < 4.78 is 6.33. The molecule has 3 nitrogen and oxygen atoms in total. The number of thioether (sulfide) groups is 2. The smallest absolute Gasteiger partial charge is 0.340 e. The van der Waals surface area contributed by atoms with Gasteiger partial charge in [0.25, 0.3) is 0 Å². The Kier molecular flexibility index (Phi) is 12.8. The highest BCUT2D eigenvalue weighted by Crippen LogP contribution is 2.37. The van der Waals surface area contributed by atoms with Crippen LogP contribution in [0.15, 0.2) is 53.1 Å². The number of hydrogen-bond acceptors (Lipinski definition) is 5. The Hall–Kier alpha value is -1.46. The normalized spacial score (nSPS) is 12.7. The van der Waals surface area contributed by atoms with Crippen LogP contribution in [0.4, 0.5) is 0 Å². The van der Waals surface area contributed by atoms with E-state index in [0.717, 1.165) is 34.1 Å². The third-order valence-electron chi connectivity index (χ3n) is 4.02. The van der Waals surface area contributed by atoms with E-state index in [-0.39, 0.29) is 5.97 Å². The van der Waals surface area contributed by atoms with Gasteiger partial charge in [-0.3, -0.25) is 4.98 Å². The van der Waals surface area contributed by atoms with E-state index in [1.807, 2.05) is 25.1 Å². The van der Waals surface area contributed by atoms with Gasteiger partial charge in [0.1, 0.15) is 0 Å². The van der Waals surface area contributed by atoms with Crippen molar-refractivity contribution in [1.29, 1.82) is 0 Å². The lowest BCUT2D eigenvalue weighted by Gasteiger charge is -2.15. The Labute approximate surface area is 179 Å². The summed E-state index contributed by atoms with van der Waals surface area (Å²) in [6.07, 6.45) is 11.0. The molecule has 1 aromatic heterocycles. The number of rotatable bonds is 13. The molecule has 28 heavy (non-hydrogen) atoms. The number of hydrogen-bond donors (Lipinski definition) is 0. The van der Waals surface area contributed by atoms with E-state index in [0.29, 0.717) is 18.1 Å². The first kappa shape index (κ1) is 24.6. The molecule has 1 heterocycles. The molecular weight excluding hydrogens is 386 g/mol. The molecule has 0 aromatic carbocycles. The van der Waals surface area contributed by atoms with E-state index < -0.39 is 0 Å². The van der Waals surface area contributed by atoms with Gasteiger partial charge in [-0.05, 0) is 57.8 Å². The summed E-state index contributed by atoms with van der Waals surface area (Å²) >= 11 is 3.38. The molecule has 0 spiro atoms. The van der Waals surface area contributed by atoms with Crippen molar-refractivity contribution in [3.05, 3.63) is 58.6 Å². The lowest BCUT2D eigenvalue weighted by Crippen LogP contribution is -2.09. The van der Waals surface area contributed by atoms with Crippen molar-refractivity contribution in [3.8, 4) is 0 Å². The van der Waals surface area contributed by atoms with Crippen molar-refractivity contribution in [2.45, 2.75) is 47.0 Å². The standard InChI is InChI=1S/C23H33NO2S2/c1-6-15-27-23(28-16-13-19(5)11-8-10-18(3)4)21(22(25)26-7-2)20-12-9-14-24-17-20/h6,9-10,12,14,17,19H,1,7-8,11,13,15-16H2,2-5H3. The van der Waals surface area contributed by atoms with Crippen LogP contribution in [-0.2, 0) is 9.53 Å². The fourth-order valence-corrected chi connectivity index (χ4v) is 4.96. The second-order valence-corrected chi connectivity index (χ2v) is 9.22. The van der Waals surface area contributed by atoms with Gasteiger partial charge in [0.15, 0.2) is 0 Å². The molecule has 0 N–H and O–H groups in total. The van der Waals surface area contributed by atoms with Crippen LogP contribution in [0.3, 0.4) is 0 Å². The van der Waals surface area contributed by atoms with Crippen LogP contribution < -0.4 is 0 Å². The van der Waals surface area contributed by atoms with E-state index in [4.69, 9.17) is 4.74 Å². The van der Waals surface area contributed by atoms with Crippen molar-refractivity contribution in [1.82, 2.24) is 4.98 Å². The van der Waals surface area contributed by atoms with Crippen LogP contribution in [0.25, 0.3) is 5.57 Å². The molecule has 1 aromatic rings. The molecule has 0 bridgehead atoms. The van der Waals surface area contributed by atoms with Gasteiger partial charge >= 0.3 is 5.97 Å². The third kappa shape index (κ3) is 9.65. The van der Waals surface area contributed by atoms with E-state index in [2.05, 4.69) is 38.4 Å². The van der Waals surface area contributed by atoms with Gasteiger partial charge < -0.3 is 4.74 Å². The van der Waals surface area contributed by atoms with Gasteiger partial charge in [0, 0.05) is 23.7 Å². The Balaban J connectivity index is 2.92. The molecular formula is C23H33NO2S2. The van der Waals surface area contributed by atoms with Gasteiger partial charge in [-0.1, -0.05) is 30.7 Å². The highest BCUT2D eigenvalue weighted by atomic mass is 32.2. The SMILES string of the molecule is C=CCSC(SCCC(C)CCC=C(C)C)=C(C(=O)OCC)c1cccnc1. The largest absolute Gasteiger partial charge is 0.462 e. The number of allylic oxidation sites excluding steroid dienone is 2. The van der Waals surface area contributed by atoms with Crippen LogP contribution >= 0.6 is 23.5 Å². The highest BCUT2D eigenvalue weighted by Gasteiger charge is 2.20. The van der Waals surface area contributed by atoms with Gasteiger partial charge in [-0.25, -0.2) is 4.79 Å². The number of aromatic nitrogens is 1. The maximum absolute atomic E-state index is 12.7. The van der Waals surface area contributed by atoms with Crippen LogP contribution in [0.5, 0.6) is 0 Å². The maximum Gasteiger partial charge on any atom is 0.340 e. The second kappa shape index (κ2) is 14.5. The molecule has 0 saturated heterocycles. The van der Waals surface area contributed by atoms with Crippen molar-refractivity contribution in [2.75, 3.05) is 18.1 Å². The Morgan fingerprint density at radius 3 is 2.71 bits per heavy atom. The van der Waals surface area contributed by atoms with Crippen LogP contribution in [0.2, 0.25) is 0 Å². The molecule has 0 aliphatic heterocycles. The van der Waals surface area contributed by atoms with Gasteiger partial charge in [0.05, 0.1) is 16.4 Å². The van der Waals surface area contributed by atoms with Gasteiger partial charge in [-0.2, -0.15) is 0 Å². The summed E-state index contributed by atoms with van der Waals surface area (Å²) in [6.45, 7) is 12.6. The maximum atomic E-state index is 12.7. The molecule has 0 radical (unpaired) electrons. The zero-order chi connectivity index (χ0) is 20.8. The van der Waals surface area contributed by atoms with Gasteiger partial charge in [-0.15, -0.1) is 30.1 Å². The first-order chi connectivity index (χ1) is 13.5. The number of pyridine rings is 1. The minimum atomic E-state index is -0.286. The average Bonchev–Trinajstić information content (AvgIpc) is 2.66. The zero-order valence-electron chi connectivity index (χ0n) is 17.6. The zero-order valence-corrected chi connectivity index (χ0v) is 19.2. The number of ether oxygens (including phenoxy) is 1. The predicted octanol–water partition coefficient (Wildman–Crippen LogP) is 6.74. The molecule has 0 aliphatic carbocycles. The van der Waals surface area contributed by atoms with Crippen LogP contribution in [0, 0.1) is 5.92 Å². The number of esters is 1.